The lowest BCUT2D eigenvalue weighted by atomic mass is 9.88. The Morgan fingerprint density at radius 1 is 0.971 bits per heavy atom. The number of benzene rings is 3. The van der Waals surface area contributed by atoms with E-state index in [1.807, 2.05) is 59.5 Å². The Balaban J connectivity index is 1.65. The first-order chi connectivity index (χ1) is 16.9. The molecule has 1 heterocycles. The van der Waals surface area contributed by atoms with E-state index in [1.54, 1.807) is 19.1 Å². The van der Waals surface area contributed by atoms with Gasteiger partial charge in [-0.25, -0.2) is 0 Å². The van der Waals surface area contributed by atoms with Gasteiger partial charge in [0.2, 0.25) is 5.91 Å². The lowest BCUT2D eigenvalue weighted by Gasteiger charge is -2.39. The topological polar surface area (TPSA) is 102 Å². The summed E-state index contributed by atoms with van der Waals surface area (Å²) in [5.74, 6) is -0.336. The third-order valence-electron chi connectivity index (χ3n) is 6.39. The van der Waals surface area contributed by atoms with Gasteiger partial charge >= 0.3 is 0 Å². The molecule has 4 rings (SSSR count). The van der Waals surface area contributed by atoms with Crippen LogP contribution in [0.15, 0.2) is 72.8 Å². The third kappa shape index (κ3) is 5.37. The van der Waals surface area contributed by atoms with Crippen LogP contribution in [0.4, 0.5) is 11.4 Å². The van der Waals surface area contributed by atoms with Crippen LogP contribution < -0.4 is 15.5 Å². The summed E-state index contributed by atoms with van der Waals surface area (Å²) in [6, 6.07) is 22.7. The standard InChI is InChI=1S/C28H31N3O4/c1-18-14-26(29-23-6-4-3-5-7-23)25-15-22(12-13-27(25)31(18)19(2)34)20-8-10-21(11-9-20)28(35)30-24(16-32)17-33/h3-13,15,18,24,26,29,32-33H,14,16-17H2,1-2H3,(H,30,35)/t18-,26?/m0/s1. The van der Waals surface area contributed by atoms with E-state index in [0.717, 1.165) is 34.5 Å². The van der Waals surface area contributed by atoms with Gasteiger partial charge in [-0.05, 0) is 66.4 Å². The van der Waals surface area contributed by atoms with E-state index >= 15 is 0 Å². The molecule has 1 aliphatic heterocycles. The van der Waals surface area contributed by atoms with Gasteiger partial charge < -0.3 is 25.7 Å². The third-order valence-corrected chi connectivity index (χ3v) is 6.39. The first kappa shape index (κ1) is 24.4. The van der Waals surface area contributed by atoms with Crippen LogP contribution >= 0.6 is 0 Å². The molecule has 0 saturated carbocycles. The van der Waals surface area contributed by atoms with Gasteiger partial charge in [-0.2, -0.15) is 0 Å². The summed E-state index contributed by atoms with van der Waals surface area (Å²) in [7, 11) is 0. The van der Waals surface area contributed by atoms with Crippen LogP contribution in [0.5, 0.6) is 0 Å². The average Bonchev–Trinajstić information content (AvgIpc) is 2.87. The van der Waals surface area contributed by atoms with Crippen LogP contribution in [0.2, 0.25) is 0 Å². The molecule has 1 unspecified atom stereocenters. The highest BCUT2D eigenvalue weighted by Gasteiger charge is 2.32. The molecule has 182 valence electrons. The quantitative estimate of drug-likeness (QED) is 0.419. The number of fused-ring (bicyclic) bond motifs is 1. The van der Waals surface area contributed by atoms with E-state index in [-0.39, 0.29) is 37.1 Å². The van der Waals surface area contributed by atoms with Crippen LogP contribution in [0.3, 0.4) is 0 Å². The molecule has 2 amide bonds. The first-order valence-corrected chi connectivity index (χ1v) is 11.8. The molecule has 0 radical (unpaired) electrons. The summed E-state index contributed by atoms with van der Waals surface area (Å²) in [6.45, 7) is 3.01. The molecular weight excluding hydrogens is 442 g/mol. The van der Waals surface area contributed by atoms with Gasteiger partial charge in [-0.15, -0.1) is 0 Å². The van der Waals surface area contributed by atoms with Gasteiger partial charge in [-0.1, -0.05) is 36.4 Å². The molecule has 7 nitrogen and oxygen atoms in total. The zero-order valence-electron chi connectivity index (χ0n) is 19.9. The summed E-state index contributed by atoms with van der Waals surface area (Å²) >= 11 is 0. The molecular formula is C28H31N3O4. The molecule has 0 spiro atoms. The van der Waals surface area contributed by atoms with Crippen LogP contribution in [-0.4, -0.2) is 47.3 Å². The smallest absolute Gasteiger partial charge is 0.251 e. The maximum Gasteiger partial charge on any atom is 0.251 e. The predicted molar refractivity (Wildman–Crippen MR) is 137 cm³/mol. The fourth-order valence-corrected chi connectivity index (χ4v) is 4.63. The van der Waals surface area contributed by atoms with Gasteiger partial charge in [0, 0.05) is 29.9 Å². The molecule has 3 aromatic rings. The van der Waals surface area contributed by atoms with Crippen LogP contribution in [0, 0.1) is 0 Å². The fourth-order valence-electron chi connectivity index (χ4n) is 4.63. The highest BCUT2D eigenvalue weighted by atomic mass is 16.3. The summed E-state index contributed by atoms with van der Waals surface area (Å²) in [6.07, 6.45) is 0.779. The maximum absolute atomic E-state index is 12.4. The number of carbonyl (C=O) groups excluding carboxylic acids is 2. The molecule has 7 heteroatoms. The van der Waals surface area contributed by atoms with Gasteiger partial charge in [0.15, 0.2) is 0 Å². The fraction of sp³-hybridized carbons (Fsp3) is 0.286. The van der Waals surface area contributed by atoms with Crippen molar-refractivity contribution in [3.8, 4) is 11.1 Å². The minimum atomic E-state index is -0.691. The van der Waals surface area contributed by atoms with Crippen molar-refractivity contribution in [1.29, 1.82) is 0 Å². The van der Waals surface area contributed by atoms with Crippen molar-refractivity contribution < 1.29 is 19.8 Å². The summed E-state index contributed by atoms with van der Waals surface area (Å²) in [5.41, 5.74) is 5.35. The number of nitrogens with one attached hydrogen (secondary N) is 2. The normalized spacial score (nSPS) is 17.1. The minimum Gasteiger partial charge on any atom is -0.394 e. The number of hydrogen-bond donors (Lipinski definition) is 4. The number of amides is 2. The first-order valence-electron chi connectivity index (χ1n) is 11.8. The minimum absolute atomic E-state index is 0.0177. The summed E-state index contributed by atoms with van der Waals surface area (Å²) in [5, 5.41) is 24.6. The second kappa shape index (κ2) is 10.7. The molecule has 4 N–H and O–H groups in total. The highest BCUT2D eigenvalue weighted by molar-refractivity contribution is 5.95. The largest absolute Gasteiger partial charge is 0.394 e. The van der Waals surface area contributed by atoms with E-state index in [9.17, 15) is 19.8 Å². The zero-order valence-corrected chi connectivity index (χ0v) is 19.9. The average molecular weight is 474 g/mol. The SMILES string of the molecule is CC(=O)N1c2ccc(-c3ccc(C(=O)NC(CO)CO)cc3)cc2C(Nc2ccccc2)C[C@@H]1C. The maximum atomic E-state index is 12.4. The van der Waals surface area contributed by atoms with Crippen molar-refractivity contribution in [2.24, 2.45) is 0 Å². The van der Waals surface area contributed by atoms with Crippen molar-refractivity contribution in [1.82, 2.24) is 5.32 Å². The Bertz CT molecular complexity index is 1180. The number of aliphatic hydroxyl groups excluding tert-OH is 2. The van der Waals surface area contributed by atoms with E-state index in [2.05, 4.69) is 23.6 Å². The number of rotatable bonds is 7. The molecule has 0 aliphatic carbocycles. The molecule has 0 fully saturated rings. The van der Waals surface area contributed by atoms with Crippen molar-refractivity contribution in [3.05, 3.63) is 83.9 Å². The second-order valence-electron chi connectivity index (χ2n) is 8.92. The van der Waals surface area contributed by atoms with Crippen molar-refractivity contribution >= 4 is 23.2 Å². The van der Waals surface area contributed by atoms with Gasteiger partial charge in [-0.3, -0.25) is 9.59 Å². The zero-order chi connectivity index (χ0) is 24.9. The van der Waals surface area contributed by atoms with E-state index in [4.69, 9.17) is 0 Å². The second-order valence-corrected chi connectivity index (χ2v) is 8.92. The Labute approximate surface area is 205 Å². The molecule has 0 saturated heterocycles. The Morgan fingerprint density at radius 3 is 2.26 bits per heavy atom. The molecule has 1 aliphatic rings. The Kier molecular flexibility index (Phi) is 7.48. The van der Waals surface area contributed by atoms with Crippen LogP contribution in [0.25, 0.3) is 11.1 Å². The van der Waals surface area contributed by atoms with Crippen LogP contribution in [-0.2, 0) is 4.79 Å². The number of aliphatic hydroxyl groups is 2. The molecule has 0 bridgehead atoms. The van der Waals surface area contributed by atoms with E-state index < -0.39 is 6.04 Å². The Morgan fingerprint density at radius 2 is 1.63 bits per heavy atom. The highest BCUT2D eigenvalue weighted by Crippen LogP contribution is 2.41. The monoisotopic (exact) mass is 473 g/mol. The molecule has 0 aromatic heterocycles. The number of carbonyl (C=O) groups is 2. The number of para-hydroxylation sites is 1. The van der Waals surface area contributed by atoms with Crippen molar-refractivity contribution in [2.45, 2.75) is 38.4 Å². The predicted octanol–water partition coefficient (Wildman–Crippen LogP) is 3.73. The molecule has 3 aromatic carbocycles. The molecule has 35 heavy (non-hydrogen) atoms. The van der Waals surface area contributed by atoms with Gasteiger partial charge in [0.05, 0.1) is 25.3 Å². The van der Waals surface area contributed by atoms with Crippen LogP contribution in [0.1, 0.15) is 42.2 Å². The van der Waals surface area contributed by atoms with Crippen molar-refractivity contribution in [2.75, 3.05) is 23.4 Å². The van der Waals surface area contributed by atoms with E-state index in [0.29, 0.717) is 5.56 Å². The lowest BCUT2D eigenvalue weighted by Crippen LogP contribution is -2.43. The molecule has 2 atom stereocenters. The summed E-state index contributed by atoms with van der Waals surface area (Å²) < 4.78 is 0. The van der Waals surface area contributed by atoms with Gasteiger partial charge in [0.25, 0.3) is 5.91 Å². The summed E-state index contributed by atoms with van der Waals surface area (Å²) in [4.78, 5) is 26.7. The number of hydrogen-bond acceptors (Lipinski definition) is 5. The lowest BCUT2D eigenvalue weighted by molar-refractivity contribution is -0.117. The number of nitrogens with zero attached hydrogens (tertiary/aromatic N) is 1. The number of anilines is 2. The Hall–Kier alpha value is -3.68. The van der Waals surface area contributed by atoms with E-state index in [1.165, 1.54) is 0 Å². The van der Waals surface area contributed by atoms with Crippen molar-refractivity contribution in [3.63, 3.8) is 0 Å². The van der Waals surface area contributed by atoms with Gasteiger partial charge in [0.1, 0.15) is 0 Å².